The second-order valence-corrected chi connectivity index (χ2v) is 13.5. The Hall–Kier alpha value is -6.04. The number of benzene rings is 4. The third-order valence-electron chi connectivity index (χ3n) is 10.5. The summed E-state index contributed by atoms with van der Waals surface area (Å²) in [7, 11) is 1.43. The van der Waals surface area contributed by atoms with Gasteiger partial charge in [0, 0.05) is 24.7 Å². The molecule has 288 valence electrons. The number of carboxylic acid groups (broad SMARTS) is 1. The van der Waals surface area contributed by atoms with Crippen molar-refractivity contribution in [2.75, 3.05) is 45.0 Å². The Balaban J connectivity index is 1.58. The van der Waals surface area contributed by atoms with Crippen LogP contribution in [0.2, 0.25) is 0 Å². The zero-order valence-corrected chi connectivity index (χ0v) is 30.4. The molecule has 4 aromatic carbocycles. The van der Waals surface area contributed by atoms with Crippen LogP contribution in [0.15, 0.2) is 103 Å². The van der Waals surface area contributed by atoms with Crippen LogP contribution in [0.3, 0.4) is 0 Å². The standard InChI is InChI=1S/C43H40N2O11/c1-53-24-25-55-42(52)44-32-20-19-27(12-10-11-21-46)26-31(32)43(41(44)51)34(39(48)49)36-40(50)56-37(29-15-6-3-7-16-29)35(28-13-4-2-5-14-28)45(36)38(43)30-17-8-9-18-33(30)54-23-22-47/h2-9,13-20,26,34-38,46-47H,11,21-25H2,1H3,(H,48,49)/t34-,35-,36-,37+,38+,43-/m1/s1. The van der Waals surface area contributed by atoms with Gasteiger partial charge in [0.2, 0.25) is 5.91 Å². The van der Waals surface area contributed by atoms with Crippen molar-refractivity contribution in [3.63, 3.8) is 0 Å². The number of aliphatic hydroxyl groups is 2. The van der Waals surface area contributed by atoms with Crippen molar-refractivity contribution in [2.45, 2.75) is 36.1 Å². The van der Waals surface area contributed by atoms with Crippen LogP contribution in [-0.4, -0.2) is 90.3 Å². The average molecular weight is 761 g/mol. The van der Waals surface area contributed by atoms with Crippen molar-refractivity contribution in [3.05, 3.63) is 131 Å². The zero-order valence-electron chi connectivity index (χ0n) is 30.4. The summed E-state index contributed by atoms with van der Waals surface area (Å²) in [5.41, 5.74) is -0.0159. The van der Waals surface area contributed by atoms with Crippen molar-refractivity contribution in [3.8, 4) is 17.6 Å². The Labute approximate surface area is 323 Å². The Kier molecular flexibility index (Phi) is 11.2. The summed E-state index contributed by atoms with van der Waals surface area (Å²) in [6.45, 7) is -0.847. The molecular formula is C43H40N2O11. The number of imide groups is 1. The van der Waals surface area contributed by atoms with Crippen molar-refractivity contribution in [1.82, 2.24) is 4.90 Å². The first kappa shape index (κ1) is 38.2. The Bertz CT molecular complexity index is 2170. The predicted octanol–water partition coefficient (Wildman–Crippen LogP) is 4.32. The van der Waals surface area contributed by atoms with Crippen molar-refractivity contribution in [2.24, 2.45) is 5.92 Å². The van der Waals surface area contributed by atoms with E-state index in [4.69, 9.17) is 18.9 Å². The van der Waals surface area contributed by atoms with Crippen LogP contribution in [-0.2, 0) is 34.0 Å². The number of amides is 2. The van der Waals surface area contributed by atoms with Crippen LogP contribution in [0.25, 0.3) is 0 Å². The molecule has 2 fully saturated rings. The number of aliphatic hydroxyl groups excluding tert-OH is 2. The minimum atomic E-state index is -2.21. The van der Waals surface area contributed by atoms with Crippen LogP contribution in [0.1, 0.15) is 52.4 Å². The molecule has 13 nitrogen and oxygen atoms in total. The molecule has 0 aliphatic carbocycles. The molecule has 7 rings (SSSR count). The first-order valence-electron chi connectivity index (χ1n) is 18.2. The molecule has 1 spiro atoms. The number of nitrogens with zero attached hydrogens (tertiary/aromatic N) is 2. The molecule has 6 atom stereocenters. The number of cyclic esters (lactones) is 1. The quantitative estimate of drug-likeness (QED) is 0.113. The topological polar surface area (TPSA) is 172 Å². The fraction of sp³-hybridized carbons (Fsp3) is 0.302. The van der Waals surface area contributed by atoms with E-state index in [1.165, 1.54) is 13.2 Å². The average Bonchev–Trinajstić information content (AvgIpc) is 3.67. The number of anilines is 1. The van der Waals surface area contributed by atoms with Crippen molar-refractivity contribution >= 4 is 29.6 Å². The smallest absolute Gasteiger partial charge is 0.421 e. The number of hydrogen-bond acceptors (Lipinski definition) is 11. The molecule has 0 bridgehead atoms. The Morgan fingerprint density at radius 3 is 2.21 bits per heavy atom. The summed E-state index contributed by atoms with van der Waals surface area (Å²) in [5, 5.41) is 30.7. The number of methoxy groups -OCH3 is 1. The van der Waals surface area contributed by atoms with Gasteiger partial charge in [-0.05, 0) is 41.0 Å². The van der Waals surface area contributed by atoms with E-state index in [2.05, 4.69) is 11.8 Å². The summed E-state index contributed by atoms with van der Waals surface area (Å²) in [4.78, 5) is 61.1. The number of para-hydroxylation sites is 1. The molecule has 0 unspecified atom stereocenters. The molecule has 0 aromatic heterocycles. The van der Waals surface area contributed by atoms with E-state index in [0.717, 1.165) is 4.90 Å². The molecule has 3 N–H and O–H groups in total. The number of hydrogen-bond donors (Lipinski definition) is 3. The monoisotopic (exact) mass is 760 g/mol. The van der Waals surface area contributed by atoms with Crippen LogP contribution >= 0.6 is 0 Å². The molecule has 2 amide bonds. The molecule has 3 aliphatic rings. The first-order chi connectivity index (χ1) is 27.3. The molecule has 56 heavy (non-hydrogen) atoms. The number of esters is 1. The molecule has 13 heteroatoms. The summed E-state index contributed by atoms with van der Waals surface area (Å²) < 4.78 is 23.0. The molecule has 3 aliphatic heterocycles. The van der Waals surface area contributed by atoms with Gasteiger partial charge in [0.25, 0.3) is 0 Å². The molecule has 3 heterocycles. The van der Waals surface area contributed by atoms with E-state index < -0.39 is 59.5 Å². The Morgan fingerprint density at radius 2 is 1.54 bits per heavy atom. The van der Waals surface area contributed by atoms with E-state index >= 15 is 4.79 Å². The zero-order chi connectivity index (χ0) is 39.4. The van der Waals surface area contributed by atoms with Crippen LogP contribution < -0.4 is 9.64 Å². The lowest BCUT2D eigenvalue weighted by Crippen LogP contribution is -2.53. The minimum Gasteiger partial charge on any atom is -0.491 e. The van der Waals surface area contributed by atoms with E-state index in [1.807, 2.05) is 60.7 Å². The second-order valence-electron chi connectivity index (χ2n) is 13.5. The van der Waals surface area contributed by atoms with Crippen molar-refractivity contribution in [1.29, 1.82) is 0 Å². The number of rotatable bonds is 11. The Morgan fingerprint density at radius 1 is 0.839 bits per heavy atom. The highest BCUT2D eigenvalue weighted by Crippen LogP contribution is 2.66. The maximum absolute atomic E-state index is 15.7. The largest absolute Gasteiger partial charge is 0.491 e. The summed E-state index contributed by atoms with van der Waals surface area (Å²) in [6.07, 6.45) is -1.89. The fourth-order valence-electron chi connectivity index (χ4n) is 8.41. The SMILES string of the molecule is COCCOC(=O)N1C(=O)[C@@]2(c3cc(C#CCCO)ccc31)[C@H](c1ccccc1OCCO)N1[C@H](c3ccccc3)[C@H](c3ccccc3)OC(=O)[C@H]1[C@@H]2C(=O)O. The highest BCUT2D eigenvalue weighted by Gasteiger charge is 2.76. The van der Waals surface area contributed by atoms with Crippen LogP contribution in [0, 0.1) is 17.8 Å². The number of morpholine rings is 1. The van der Waals surface area contributed by atoms with Gasteiger partial charge in [0.1, 0.15) is 42.4 Å². The van der Waals surface area contributed by atoms with Crippen LogP contribution in [0.5, 0.6) is 5.75 Å². The van der Waals surface area contributed by atoms with E-state index in [-0.39, 0.29) is 56.5 Å². The van der Waals surface area contributed by atoms with Gasteiger partial charge in [-0.25, -0.2) is 9.69 Å². The molecule has 0 radical (unpaired) electrons. The lowest BCUT2D eigenvalue weighted by atomic mass is 9.65. The van der Waals surface area contributed by atoms with Gasteiger partial charge in [-0.1, -0.05) is 90.7 Å². The third-order valence-corrected chi connectivity index (χ3v) is 10.5. The number of fused-ring (bicyclic) bond motifs is 3. The number of ether oxygens (including phenoxy) is 4. The maximum Gasteiger partial charge on any atom is 0.421 e. The first-order valence-corrected chi connectivity index (χ1v) is 18.2. The molecular weight excluding hydrogens is 720 g/mol. The number of carboxylic acids is 1. The molecule has 4 aromatic rings. The third kappa shape index (κ3) is 6.46. The second kappa shape index (κ2) is 16.4. The van der Waals surface area contributed by atoms with E-state index in [1.54, 1.807) is 41.3 Å². The molecule has 2 saturated heterocycles. The fourth-order valence-corrected chi connectivity index (χ4v) is 8.41. The molecule has 0 saturated carbocycles. The number of carbonyl (C=O) groups excluding carboxylic acids is 3. The van der Waals surface area contributed by atoms with E-state index in [9.17, 15) is 29.7 Å². The lowest BCUT2D eigenvalue weighted by Gasteiger charge is -2.46. The lowest BCUT2D eigenvalue weighted by molar-refractivity contribution is -0.179. The normalized spacial score (nSPS) is 23.8. The predicted molar refractivity (Wildman–Crippen MR) is 200 cm³/mol. The van der Waals surface area contributed by atoms with Gasteiger partial charge < -0.3 is 34.3 Å². The maximum atomic E-state index is 15.7. The van der Waals surface area contributed by atoms with Gasteiger partial charge in [-0.15, -0.1) is 0 Å². The number of carbonyl (C=O) groups is 4. The van der Waals surface area contributed by atoms with Gasteiger partial charge in [-0.3, -0.25) is 19.3 Å². The summed E-state index contributed by atoms with van der Waals surface area (Å²) >= 11 is 0. The van der Waals surface area contributed by atoms with Gasteiger partial charge >= 0.3 is 18.0 Å². The van der Waals surface area contributed by atoms with Crippen LogP contribution in [0.4, 0.5) is 10.5 Å². The van der Waals surface area contributed by atoms with Gasteiger partial charge in [0.15, 0.2) is 0 Å². The van der Waals surface area contributed by atoms with Crippen molar-refractivity contribution < 1.29 is 53.4 Å². The van der Waals surface area contributed by atoms with Gasteiger partial charge in [0.05, 0.1) is 37.6 Å². The highest BCUT2D eigenvalue weighted by molar-refractivity contribution is 6.23. The van der Waals surface area contributed by atoms with E-state index in [0.29, 0.717) is 22.3 Å². The highest BCUT2D eigenvalue weighted by atomic mass is 16.6. The van der Waals surface area contributed by atoms with Gasteiger partial charge in [-0.2, -0.15) is 0 Å². The summed E-state index contributed by atoms with van der Waals surface area (Å²) in [6, 6.07) is 25.9. The number of aliphatic carboxylic acids is 1. The summed E-state index contributed by atoms with van der Waals surface area (Å²) in [5.74, 6) is 0.952. The minimum absolute atomic E-state index is 0.0302.